The van der Waals surface area contributed by atoms with Crippen LogP contribution in [0, 0.1) is 6.92 Å². The molecule has 0 aromatic heterocycles. The Bertz CT molecular complexity index is 372. The highest BCUT2D eigenvalue weighted by Gasteiger charge is 2.10. The third kappa shape index (κ3) is 2.10. The maximum absolute atomic E-state index is 11.4. The molecule has 4 nitrogen and oxygen atoms in total. The van der Waals surface area contributed by atoms with Gasteiger partial charge in [-0.05, 0) is 25.5 Å². The van der Waals surface area contributed by atoms with E-state index >= 15 is 0 Å². The summed E-state index contributed by atoms with van der Waals surface area (Å²) in [5.74, 6) is -0.416. The first-order valence-corrected chi connectivity index (χ1v) is 4.23. The van der Waals surface area contributed by atoms with E-state index < -0.39 is 5.91 Å². The number of rotatable bonds is 2. The normalized spacial score (nSPS) is 10.4. The van der Waals surface area contributed by atoms with Gasteiger partial charge in [-0.15, -0.1) is 0 Å². The van der Waals surface area contributed by atoms with Gasteiger partial charge in [0.2, 0.25) is 0 Å². The fourth-order valence-corrected chi connectivity index (χ4v) is 1.03. The van der Waals surface area contributed by atoms with E-state index in [0.717, 1.165) is 0 Å². The standard InChI is InChI=1S/C10H12N2O2/c1-3-11-12-10(14)8-6-4-5-7(2)9(8)13/h3-6,13H,1-2H3,(H,12,14)/b11-3-. The molecule has 4 heteroatoms. The molecular formula is C10H12N2O2. The Labute approximate surface area is 82.3 Å². The molecule has 1 aromatic rings. The molecule has 1 rings (SSSR count). The van der Waals surface area contributed by atoms with E-state index in [4.69, 9.17) is 0 Å². The van der Waals surface area contributed by atoms with Gasteiger partial charge < -0.3 is 5.11 Å². The second-order valence-electron chi connectivity index (χ2n) is 2.80. The number of phenolic OH excluding ortho intramolecular Hbond substituents is 1. The average Bonchev–Trinajstić information content (AvgIpc) is 2.18. The number of para-hydroxylation sites is 1. The van der Waals surface area contributed by atoms with E-state index in [0.29, 0.717) is 5.56 Å². The summed E-state index contributed by atoms with van der Waals surface area (Å²) in [7, 11) is 0. The first-order chi connectivity index (χ1) is 6.66. The molecule has 0 atom stereocenters. The second kappa shape index (κ2) is 4.41. The van der Waals surface area contributed by atoms with E-state index in [2.05, 4.69) is 10.5 Å². The molecule has 0 unspecified atom stereocenters. The van der Waals surface area contributed by atoms with Crippen molar-refractivity contribution in [1.29, 1.82) is 0 Å². The smallest absolute Gasteiger partial charge is 0.275 e. The predicted molar refractivity (Wildman–Crippen MR) is 54.5 cm³/mol. The van der Waals surface area contributed by atoms with Crippen LogP contribution in [0.5, 0.6) is 5.75 Å². The van der Waals surface area contributed by atoms with Crippen molar-refractivity contribution in [2.75, 3.05) is 0 Å². The zero-order chi connectivity index (χ0) is 10.6. The number of nitrogens with one attached hydrogen (secondary N) is 1. The van der Waals surface area contributed by atoms with Crippen LogP contribution in [-0.2, 0) is 0 Å². The number of benzene rings is 1. The summed E-state index contributed by atoms with van der Waals surface area (Å²) in [4.78, 5) is 11.4. The van der Waals surface area contributed by atoms with Gasteiger partial charge in [0.1, 0.15) is 5.75 Å². The Morgan fingerprint density at radius 1 is 1.57 bits per heavy atom. The maximum Gasteiger partial charge on any atom is 0.275 e. The number of carbonyl (C=O) groups excluding carboxylic acids is 1. The van der Waals surface area contributed by atoms with Crippen LogP contribution in [0.2, 0.25) is 0 Å². The van der Waals surface area contributed by atoms with Gasteiger partial charge in [-0.3, -0.25) is 4.79 Å². The number of aromatic hydroxyl groups is 1. The van der Waals surface area contributed by atoms with E-state index in [-0.39, 0.29) is 11.3 Å². The summed E-state index contributed by atoms with van der Waals surface area (Å²) < 4.78 is 0. The lowest BCUT2D eigenvalue weighted by atomic mass is 10.1. The Balaban J connectivity index is 2.95. The molecule has 1 aromatic carbocycles. The number of hydrazone groups is 1. The highest BCUT2D eigenvalue weighted by Crippen LogP contribution is 2.20. The quantitative estimate of drug-likeness (QED) is 0.550. The number of phenols is 1. The highest BCUT2D eigenvalue weighted by atomic mass is 16.3. The van der Waals surface area contributed by atoms with Crippen molar-refractivity contribution in [3.05, 3.63) is 29.3 Å². The van der Waals surface area contributed by atoms with Crippen molar-refractivity contribution >= 4 is 12.1 Å². The lowest BCUT2D eigenvalue weighted by Gasteiger charge is -2.04. The predicted octanol–water partition coefficient (Wildman–Crippen LogP) is 1.44. The number of nitrogens with zero attached hydrogens (tertiary/aromatic N) is 1. The summed E-state index contributed by atoms with van der Waals surface area (Å²) in [6.07, 6.45) is 1.46. The Hall–Kier alpha value is -1.84. The summed E-state index contributed by atoms with van der Waals surface area (Å²) in [6.45, 7) is 3.42. The van der Waals surface area contributed by atoms with E-state index in [9.17, 15) is 9.90 Å². The Kier molecular flexibility index (Phi) is 3.23. The van der Waals surface area contributed by atoms with Crippen LogP contribution in [-0.4, -0.2) is 17.2 Å². The largest absolute Gasteiger partial charge is 0.507 e. The van der Waals surface area contributed by atoms with Crippen LogP contribution in [0.15, 0.2) is 23.3 Å². The van der Waals surface area contributed by atoms with Crippen molar-refractivity contribution in [3.63, 3.8) is 0 Å². The first kappa shape index (κ1) is 10.2. The molecule has 0 aliphatic carbocycles. The Morgan fingerprint density at radius 3 is 2.93 bits per heavy atom. The van der Waals surface area contributed by atoms with E-state index in [1.54, 1.807) is 32.0 Å². The number of carbonyl (C=O) groups is 1. The SMILES string of the molecule is C/C=N\NC(=O)c1cccc(C)c1O. The number of hydrogen-bond donors (Lipinski definition) is 2. The molecule has 0 saturated heterocycles. The fraction of sp³-hybridized carbons (Fsp3) is 0.200. The van der Waals surface area contributed by atoms with Crippen LogP contribution in [0.1, 0.15) is 22.8 Å². The van der Waals surface area contributed by atoms with Gasteiger partial charge in [0.15, 0.2) is 0 Å². The monoisotopic (exact) mass is 192 g/mol. The number of aryl methyl sites for hydroxylation is 1. The molecule has 0 bridgehead atoms. The second-order valence-corrected chi connectivity index (χ2v) is 2.80. The van der Waals surface area contributed by atoms with Crippen LogP contribution in [0.3, 0.4) is 0 Å². The van der Waals surface area contributed by atoms with Crippen molar-refractivity contribution in [3.8, 4) is 5.75 Å². The minimum atomic E-state index is -0.413. The van der Waals surface area contributed by atoms with Crippen LogP contribution < -0.4 is 5.43 Å². The molecule has 0 fully saturated rings. The summed E-state index contributed by atoms with van der Waals surface area (Å²) in [5, 5.41) is 13.1. The molecule has 14 heavy (non-hydrogen) atoms. The van der Waals surface area contributed by atoms with E-state index in [1.165, 1.54) is 6.21 Å². The van der Waals surface area contributed by atoms with E-state index in [1.807, 2.05) is 0 Å². The average molecular weight is 192 g/mol. The third-order valence-electron chi connectivity index (χ3n) is 1.78. The van der Waals surface area contributed by atoms with Gasteiger partial charge in [-0.2, -0.15) is 5.10 Å². The molecule has 74 valence electrons. The highest BCUT2D eigenvalue weighted by molar-refractivity contribution is 5.97. The zero-order valence-electron chi connectivity index (χ0n) is 8.11. The van der Waals surface area contributed by atoms with Gasteiger partial charge >= 0.3 is 0 Å². The minimum Gasteiger partial charge on any atom is -0.507 e. The summed E-state index contributed by atoms with van der Waals surface area (Å²) in [5.41, 5.74) is 3.18. The minimum absolute atomic E-state index is 0.00342. The van der Waals surface area contributed by atoms with Gasteiger partial charge in [-0.25, -0.2) is 5.43 Å². The zero-order valence-corrected chi connectivity index (χ0v) is 8.11. The molecule has 0 aliphatic heterocycles. The van der Waals surface area contributed by atoms with Gasteiger partial charge in [0, 0.05) is 6.21 Å². The van der Waals surface area contributed by atoms with Gasteiger partial charge in [0.25, 0.3) is 5.91 Å². The number of hydrogen-bond acceptors (Lipinski definition) is 3. The topological polar surface area (TPSA) is 61.7 Å². The van der Waals surface area contributed by atoms with Crippen LogP contribution in [0.25, 0.3) is 0 Å². The summed E-state index contributed by atoms with van der Waals surface area (Å²) >= 11 is 0. The van der Waals surface area contributed by atoms with Crippen LogP contribution >= 0.6 is 0 Å². The van der Waals surface area contributed by atoms with Crippen molar-refractivity contribution < 1.29 is 9.90 Å². The van der Waals surface area contributed by atoms with Crippen molar-refractivity contribution in [2.24, 2.45) is 5.10 Å². The molecule has 0 spiro atoms. The lowest BCUT2D eigenvalue weighted by molar-refractivity contribution is 0.0952. The first-order valence-electron chi connectivity index (χ1n) is 4.23. The van der Waals surface area contributed by atoms with Crippen molar-refractivity contribution in [2.45, 2.75) is 13.8 Å². The molecule has 2 N–H and O–H groups in total. The molecule has 0 heterocycles. The molecule has 1 amide bonds. The van der Waals surface area contributed by atoms with Crippen molar-refractivity contribution in [1.82, 2.24) is 5.43 Å². The van der Waals surface area contributed by atoms with Gasteiger partial charge in [0.05, 0.1) is 5.56 Å². The molecule has 0 saturated carbocycles. The van der Waals surface area contributed by atoms with Crippen LogP contribution in [0.4, 0.5) is 0 Å². The maximum atomic E-state index is 11.4. The lowest BCUT2D eigenvalue weighted by Crippen LogP contribution is -2.17. The summed E-state index contributed by atoms with van der Waals surface area (Å²) in [6, 6.07) is 4.98. The van der Waals surface area contributed by atoms with Gasteiger partial charge in [-0.1, -0.05) is 12.1 Å². The molecular weight excluding hydrogens is 180 g/mol. The Morgan fingerprint density at radius 2 is 2.29 bits per heavy atom. The third-order valence-corrected chi connectivity index (χ3v) is 1.78. The molecule has 0 radical (unpaired) electrons. The molecule has 0 aliphatic rings. The number of amides is 1. The fourth-order valence-electron chi connectivity index (χ4n) is 1.03.